The third kappa shape index (κ3) is 2.22. The fourth-order valence-corrected chi connectivity index (χ4v) is 1.31. The van der Waals surface area contributed by atoms with Gasteiger partial charge in [-0.1, -0.05) is 5.16 Å². The van der Waals surface area contributed by atoms with E-state index in [2.05, 4.69) is 14.7 Å². The lowest BCUT2D eigenvalue weighted by molar-refractivity contribution is -0.146. The molecule has 0 aliphatic carbocycles. The van der Waals surface area contributed by atoms with Crippen LogP contribution in [0.5, 0.6) is 5.75 Å². The number of methoxy groups -OCH3 is 1. The minimum absolute atomic E-state index is 0.187. The van der Waals surface area contributed by atoms with Crippen molar-refractivity contribution < 1.29 is 22.4 Å². The summed E-state index contributed by atoms with van der Waals surface area (Å²) < 4.78 is 46.3. The fourth-order valence-electron chi connectivity index (χ4n) is 1.31. The molecule has 1 aromatic carbocycles. The lowest BCUT2D eigenvalue weighted by Gasteiger charge is -2.03. The minimum atomic E-state index is -4.65. The maximum atomic E-state index is 12.3. The number of nitrogens with two attached hydrogens (primary N) is 1. The van der Waals surface area contributed by atoms with Gasteiger partial charge in [0, 0.05) is 11.8 Å². The number of hydrogen-bond donors (Lipinski definition) is 1. The molecule has 0 amide bonds. The van der Waals surface area contributed by atoms with Gasteiger partial charge < -0.3 is 15.0 Å². The molecule has 8 heteroatoms. The van der Waals surface area contributed by atoms with Crippen LogP contribution in [-0.4, -0.2) is 17.3 Å². The lowest BCUT2D eigenvalue weighted by Crippen LogP contribution is -2.07. The van der Waals surface area contributed by atoms with Crippen molar-refractivity contribution in [3.05, 3.63) is 24.0 Å². The Bertz CT molecular complexity index is 566. The Morgan fingerprint density at radius 3 is 2.56 bits per heavy atom. The summed E-state index contributed by atoms with van der Waals surface area (Å²) >= 11 is 0. The molecule has 0 fully saturated rings. The van der Waals surface area contributed by atoms with E-state index in [1.807, 2.05) is 0 Å². The average molecular weight is 259 g/mol. The van der Waals surface area contributed by atoms with E-state index in [0.717, 1.165) is 0 Å². The van der Waals surface area contributed by atoms with Crippen LogP contribution in [0.25, 0.3) is 11.5 Å². The summed E-state index contributed by atoms with van der Waals surface area (Å²) in [6.45, 7) is 0. The average Bonchev–Trinajstić information content (AvgIpc) is 2.77. The highest BCUT2D eigenvalue weighted by atomic mass is 19.4. The zero-order chi connectivity index (χ0) is 13.3. The second kappa shape index (κ2) is 4.21. The van der Waals surface area contributed by atoms with Crippen LogP contribution in [0.3, 0.4) is 0 Å². The van der Waals surface area contributed by atoms with Crippen molar-refractivity contribution in [2.75, 3.05) is 12.8 Å². The molecule has 0 radical (unpaired) electrons. The molecule has 0 saturated heterocycles. The van der Waals surface area contributed by atoms with Crippen LogP contribution in [0.4, 0.5) is 18.9 Å². The van der Waals surface area contributed by atoms with Crippen molar-refractivity contribution in [3.8, 4) is 17.2 Å². The summed E-state index contributed by atoms with van der Waals surface area (Å²) in [6.07, 6.45) is -4.65. The molecule has 0 unspecified atom stereocenters. The molecule has 2 aromatic rings. The van der Waals surface area contributed by atoms with Gasteiger partial charge in [0.1, 0.15) is 5.75 Å². The number of rotatable bonds is 2. The molecule has 96 valence electrons. The van der Waals surface area contributed by atoms with E-state index in [1.165, 1.54) is 25.3 Å². The number of ether oxygens (including phenoxy) is 1. The van der Waals surface area contributed by atoms with Gasteiger partial charge in [-0.05, 0) is 12.1 Å². The number of alkyl halides is 3. The minimum Gasteiger partial charge on any atom is -0.497 e. The summed E-state index contributed by atoms with van der Waals surface area (Å²) in [6, 6.07) is 4.43. The summed E-state index contributed by atoms with van der Waals surface area (Å²) in [5.74, 6) is -1.15. The molecule has 0 bridgehead atoms. The monoisotopic (exact) mass is 259 g/mol. The number of hydrogen-bond acceptors (Lipinski definition) is 5. The molecule has 0 aliphatic rings. The van der Waals surface area contributed by atoms with Crippen molar-refractivity contribution in [2.45, 2.75) is 6.18 Å². The second-order valence-electron chi connectivity index (χ2n) is 3.37. The fraction of sp³-hybridized carbons (Fsp3) is 0.200. The third-order valence-electron chi connectivity index (χ3n) is 2.17. The van der Waals surface area contributed by atoms with Gasteiger partial charge in [0.25, 0.3) is 11.7 Å². The predicted octanol–water partition coefficient (Wildman–Crippen LogP) is 2.35. The predicted molar refractivity (Wildman–Crippen MR) is 55.7 cm³/mol. The zero-order valence-corrected chi connectivity index (χ0v) is 9.15. The van der Waals surface area contributed by atoms with Crippen LogP contribution >= 0.6 is 0 Å². The van der Waals surface area contributed by atoms with E-state index in [0.29, 0.717) is 5.75 Å². The van der Waals surface area contributed by atoms with Crippen LogP contribution in [0, 0.1) is 0 Å². The highest BCUT2D eigenvalue weighted by Gasteiger charge is 2.37. The van der Waals surface area contributed by atoms with E-state index in [-0.39, 0.29) is 17.1 Å². The van der Waals surface area contributed by atoms with Gasteiger partial charge in [0.2, 0.25) is 0 Å². The quantitative estimate of drug-likeness (QED) is 0.838. The van der Waals surface area contributed by atoms with Gasteiger partial charge in [-0.3, -0.25) is 0 Å². The first-order valence-corrected chi connectivity index (χ1v) is 4.76. The van der Waals surface area contributed by atoms with Gasteiger partial charge in [-0.15, -0.1) is 0 Å². The smallest absolute Gasteiger partial charge is 0.455 e. The Balaban J connectivity index is 2.40. The van der Waals surface area contributed by atoms with Crippen LogP contribution in [-0.2, 0) is 6.18 Å². The molecular weight excluding hydrogens is 251 g/mol. The Labute approximate surface area is 99.4 Å². The third-order valence-corrected chi connectivity index (χ3v) is 2.17. The molecule has 0 aliphatic heterocycles. The van der Waals surface area contributed by atoms with Crippen molar-refractivity contribution in [1.29, 1.82) is 0 Å². The van der Waals surface area contributed by atoms with Gasteiger partial charge in [-0.25, -0.2) is 0 Å². The van der Waals surface area contributed by atoms with Crippen LogP contribution in [0.15, 0.2) is 22.7 Å². The highest BCUT2D eigenvalue weighted by molar-refractivity contribution is 5.71. The second-order valence-corrected chi connectivity index (χ2v) is 3.37. The molecule has 2 N–H and O–H groups in total. The Morgan fingerprint density at radius 2 is 2.06 bits per heavy atom. The maximum Gasteiger partial charge on any atom is 0.455 e. The van der Waals surface area contributed by atoms with E-state index >= 15 is 0 Å². The Hall–Kier alpha value is -2.25. The first kappa shape index (κ1) is 12.2. The first-order chi connectivity index (χ1) is 8.41. The van der Waals surface area contributed by atoms with E-state index < -0.39 is 12.0 Å². The number of halogens is 3. The number of nitrogen functional groups attached to an aromatic ring is 1. The molecule has 5 nitrogen and oxygen atoms in total. The van der Waals surface area contributed by atoms with Crippen LogP contribution in [0.2, 0.25) is 0 Å². The maximum absolute atomic E-state index is 12.3. The van der Waals surface area contributed by atoms with Crippen molar-refractivity contribution in [1.82, 2.24) is 10.1 Å². The highest BCUT2D eigenvalue weighted by Crippen LogP contribution is 2.32. The molecule has 1 heterocycles. The standard InChI is InChI=1S/C10H8F3N3O2/c1-17-5-2-3-6(7(14)4-5)8-15-9(16-18-8)10(11,12)13/h2-4H,14H2,1H3. The van der Waals surface area contributed by atoms with Crippen molar-refractivity contribution in [2.24, 2.45) is 0 Å². The Kier molecular flexibility index (Phi) is 2.85. The van der Waals surface area contributed by atoms with E-state index in [1.54, 1.807) is 0 Å². The first-order valence-electron chi connectivity index (χ1n) is 4.76. The summed E-state index contributed by atoms with van der Waals surface area (Å²) in [5, 5.41) is 2.85. The summed E-state index contributed by atoms with van der Waals surface area (Å²) in [7, 11) is 1.45. The normalized spacial score (nSPS) is 11.6. The summed E-state index contributed by atoms with van der Waals surface area (Å²) in [5.41, 5.74) is 6.07. The van der Waals surface area contributed by atoms with Gasteiger partial charge in [0.15, 0.2) is 0 Å². The number of anilines is 1. The van der Waals surface area contributed by atoms with Crippen LogP contribution in [0.1, 0.15) is 5.82 Å². The molecular formula is C10H8F3N3O2. The molecule has 2 rings (SSSR count). The molecule has 1 aromatic heterocycles. The number of aromatic nitrogens is 2. The zero-order valence-electron chi connectivity index (χ0n) is 9.15. The van der Waals surface area contributed by atoms with Gasteiger partial charge >= 0.3 is 6.18 Å². The van der Waals surface area contributed by atoms with Crippen molar-refractivity contribution in [3.63, 3.8) is 0 Å². The molecule has 0 spiro atoms. The van der Waals surface area contributed by atoms with Gasteiger partial charge in [0.05, 0.1) is 12.7 Å². The van der Waals surface area contributed by atoms with E-state index in [4.69, 9.17) is 10.5 Å². The van der Waals surface area contributed by atoms with Crippen LogP contribution < -0.4 is 10.5 Å². The summed E-state index contributed by atoms with van der Waals surface area (Å²) in [4.78, 5) is 3.24. The van der Waals surface area contributed by atoms with Crippen molar-refractivity contribution >= 4 is 5.69 Å². The SMILES string of the molecule is COc1ccc(-c2nc(C(F)(F)F)no2)c(N)c1. The number of benzene rings is 1. The largest absolute Gasteiger partial charge is 0.497 e. The van der Waals surface area contributed by atoms with E-state index in [9.17, 15) is 13.2 Å². The molecule has 18 heavy (non-hydrogen) atoms. The number of nitrogens with zero attached hydrogens (tertiary/aromatic N) is 2. The molecule has 0 saturated carbocycles. The van der Waals surface area contributed by atoms with Gasteiger partial charge in [-0.2, -0.15) is 18.2 Å². The Morgan fingerprint density at radius 1 is 1.33 bits per heavy atom. The topological polar surface area (TPSA) is 74.2 Å². The lowest BCUT2D eigenvalue weighted by atomic mass is 10.1. The molecule has 0 atom stereocenters.